The highest BCUT2D eigenvalue weighted by molar-refractivity contribution is 6.68. The number of aryl methyl sites for hydroxylation is 1. The molecule has 0 aliphatic rings. The molecule has 1 aromatic carbocycles. The van der Waals surface area contributed by atoms with Crippen LogP contribution in [0, 0.1) is 6.92 Å². The van der Waals surface area contributed by atoms with E-state index in [9.17, 15) is 4.79 Å². The van der Waals surface area contributed by atoms with Crippen molar-refractivity contribution in [2.24, 2.45) is 0 Å². The molecule has 0 aliphatic carbocycles. The molecule has 0 aliphatic heterocycles. The summed E-state index contributed by atoms with van der Waals surface area (Å²) in [5.41, 5.74) is 1.12. The van der Waals surface area contributed by atoms with Gasteiger partial charge in [0.1, 0.15) is 0 Å². The number of hydrogen-bond acceptors (Lipinski definition) is 1. The zero-order chi connectivity index (χ0) is 9.30. The molecule has 0 radical (unpaired) electrons. The Bertz CT molecular complexity index is 333. The van der Waals surface area contributed by atoms with Crippen LogP contribution in [-0.4, -0.2) is 5.24 Å². The van der Waals surface area contributed by atoms with Crippen LogP contribution >= 0.6 is 34.8 Å². The SMILES string of the molecule is Cc1cc(Cl)c(Cl)cc1C(=O)Cl. The maximum Gasteiger partial charge on any atom is 0.252 e. The summed E-state index contributed by atoms with van der Waals surface area (Å²) in [4.78, 5) is 10.8. The van der Waals surface area contributed by atoms with Gasteiger partial charge in [-0.05, 0) is 36.2 Å². The molecule has 0 unspecified atom stereocenters. The van der Waals surface area contributed by atoms with Crippen molar-refractivity contribution < 1.29 is 4.79 Å². The van der Waals surface area contributed by atoms with Crippen molar-refractivity contribution in [3.8, 4) is 0 Å². The van der Waals surface area contributed by atoms with Gasteiger partial charge in [-0.2, -0.15) is 0 Å². The lowest BCUT2D eigenvalue weighted by atomic mass is 10.1. The van der Waals surface area contributed by atoms with Crippen LogP contribution < -0.4 is 0 Å². The third-order valence-electron chi connectivity index (χ3n) is 1.48. The number of hydrogen-bond donors (Lipinski definition) is 0. The highest BCUT2D eigenvalue weighted by atomic mass is 35.5. The van der Waals surface area contributed by atoms with Gasteiger partial charge in [-0.15, -0.1) is 0 Å². The second-order valence-corrected chi connectivity index (χ2v) is 3.51. The summed E-state index contributed by atoms with van der Waals surface area (Å²) in [6, 6.07) is 3.08. The predicted octanol–water partition coefficient (Wildman–Crippen LogP) is 3.68. The molecule has 1 aromatic rings. The third kappa shape index (κ3) is 1.92. The van der Waals surface area contributed by atoms with E-state index >= 15 is 0 Å². The van der Waals surface area contributed by atoms with Gasteiger partial charge in [0.25, 0.3) is 5.24 Å². The van der Waals surface area contributed by atoms with Crippen molar-refractivity contribution in [1.29, 1.82) is 0 Å². The summed E-state index contributed by atoms with van der Waals surface area (Å²) in [6.07, 6.45) is 0. The lowest BCUT2D eigenvalue weighted by Gasteiger charge is -2.02. The van der Waals surface area contributed by atoms with Crippen molar-refractivity contribution in [2.75, 3.05) is 0 Å². The molecule has 1 rings (SSSR count). The van der Waals surface area contributed by atoms with Crippen LogP contribution in [0.4, 0.5) is 0 Å². The van der Waals surface area contributed by atoms with Crippen molar-refractivity contribution in [3.63, 3.8) is 0 Å². The predicted molar refractivity (Wildman–Crippen MR) is 51.4 cm³/mol. The van der Waals surface area contributed by atoms with Gasteiger partial charge in [0.05, 0.1) is 10.0 Å². The largest absolute Gasteiger partial charge is 0.276 e. The van der Waals surface area contributed by atoms with Gasteiger partial charge in [-0.1, -0.05) is 23.2 Å². The fourth-order valence-corrected chi connectivity index (χ4v) is 1.44. The molecule has 0 amide bonds. The standard InChI is InChI=1S/C8H5Cl3O/c1-4-2-6(9)7(10)3-5(4)8(11)12/h2-3H,1H3. The molecule has 1 nitrogen and oxygen atoms in total. The maximum atomic E-state index is 10.8. The monoisotopic (exact) mass is 222 g/mol. The van der Waals surface area contributed by atoms with Gasteiger partial charge < -0.3 is 0 Å². The third-order valence-corrected chi connectivity index (χ3v) is 2.40. The molecule has 0 fully saturated rings. The van der Waals surface area contributed by atoms with Gasteiger partial charge in [0.15, 0.2) is 0 Å². The Kier molecular flexibility index (Phi) is 2.99. The fraction of sp³-hybridized carbons (Fsp3) is 0.125. The average Bonchev–Trinajstić information content (AvgIpc) is 1.96. The first-order valence-corrected chi connectivity index (χ1v) is 4.31. The molecule has 12 heavy (non-hydrogen) atoms. The van der Waals surface area contributed by atoms with Gasteiger partial charge in [0.2, 0.25) is 0 Å². The van der Waals surface area contributed by atoms with E-state index in [1.807, 2.05) is 0 Å². The molecule has 0 atom stereocenters. The first-order chi connectivity index (χ1) is 5.52. The molecule has 64 valence electrons. The van der Waals surface area contributed by atoms with Crippen LogP contribution in [0.1, 0.15) is 15.9 Å². The van der Waals surface area contributed by atoms with Crippen molar-refractivity contribution in [2.45, 2.75) is 6.92 Å². The molecule has 0 heterocycles. The minimum Gasteiger partial charge on any atom is -0.276 e. The number of halogens is 3. The molecule has 0 aromatic heterocycles. The van der Waals surface area contributed by atoms with Gasteiger partial charge in [-0.3, -0.25) is 4.79 Å². The Morgan fingerprint density at radius 3 is 2.25 bits per heavy atom. The van der Waals surface area contributed by atoms with Crippen LogP contribution in [0.5, 0.6) is 0 Å². The van der Waals surface area contributed by atoms with Crippen LogP contribution in [0.25, 0.3) is 0 Å². The van der Waals surface area contributed by atoms with E-state index in [-0.39, 0.29) is 0 Å². The van der Waals surface area contributed by atoms with E-state index in [1.54, 1.807) is 13.0 Å². The lowest BCUT2D eigenvalue weighted by Crippen LogP contribution is -1.93. The van der Waals surface area contributed by atoms with E-state index < -0.39 is 5.24 Å². The van der Waals surface area contributed by atoms with Crippen LogP contribution in [-0.2, 0) is 0 Å². The Morgan fingerprint density at radius 2 is 1.75 bits per heavy atom. The average molecular weight is 223 g/mol. The molecule has 0 N–H and O–H groups in total. The number of benzene rings is 1. The summed E-state index contributed by atoms with van der Waals surface area (Å²) in [5, 5.41) is 0.244. The van der Waals surface area contributed by atoms with E-state index in [1.165, 1.54) is 6.07 Å². The second kappa shape index (κ2) is 3.65. The van der Waals surface area contributed by atoms with E-state index in [4.69, 9.17) is 34.8 Å². The molecular formula is C8H5Cl3O. The Balaban J connectivity index is 3.33. The van der Waals surface area contributed by atoms with Crippen molar-refractivity contribution in [1.82, 2.24) is 0 Å². The molecule has 0 spiro atoms. The Morgan fingerprint density at radius 1 is 1.25 bits per heavy atom. The number of carbonyl (C=O) groups excluding carboxylic acids is 1. The maximum absolute atomic E-state index is 10.8. The van der Waals surface area contributed by atoms with Gasteiger partial charge in [0, 0.05) is 5.56 Å². The molecule has 0 saturated carbocycles. The van der Waals surface area contributed by atoms with Crippen molar-refractivity contribution in [3.05, 3.63) is 33.3 Å². The van der Waals surface area contributed by atoms with Crippen molar-refractivity contribution >= 4 is 40.0 Å². The van der Waals surface area contributed by atoms with Crippen LogP contribution in [0.3, 0.4) is 0 Å². The summed E-state index contributed by atoms with van der Waals surface area (Å²) in [5.74, 6) is 0. The van der Waals surface area contributed by atoms with Crippen LogP contribution in [0.15, 0.2) is 12.1 Å². The molecule has 0 saturated heterocycles. The minimum atomic E-state index is -0.522. The minimum absolute atomic E-state index is 0.339. The first-order valence-electron chi connectivity index (χ1n) is 3.18. The molecule has 0 bridgehead atoms. The molecule has 4 heteroatoms. The molecular weight excluding hydrogens is 218 g/mol. The quantitative estimate of drug-likeness (QED) is 0.664. The number of rotatable bonds is 1. The Labute approximate surface area is 85.2 Å². The normalized spacial score (nSPS) is 10.0. The highest BCUT2D eigenvalue weighted by Crippen LogP contribution is 2.26. The van der Waals surface area contributed by atoms with E-state index in [0.717, 1.165) is 5.56 Å². The smallest absolute Gasteiger partial charge is 0.252 e. The van der Waals surface area contributed by atoms with Crippen LogP contribution in [0.2, 0.25) is 10.0 Å². The second-order valence-electron chi connectivity index (χ2n) is 2.35. The fourth-order valence-electron chi connectivity index (χ4n) is 0.858. The Hall–Kier alpha value is -0.240. The van der Waals surface area contributed by atoms with E-state index in [0.29, 0.717) is 15.6 Å². The first kappa shape index (κ1) is 9.85. The zero-order valence-electron chi connectivity index (χ0n) is 6.20. The lowest BCUT2D eigenvalue weighted by molar-refractivity contribution is 0.108. The topological polar surface area (TPSA) is 17.1 Å². The summed E-state index contributed by atoms with van der Waals surface area (Å²) in [7, 11) is 0. The summed E-state index contributed by atoms with van der Waals surface area (Å²) < 4.78 is 0. The van der Waals surface area contributed by atoms with Gasteiger partial charge >= 0.3 is 0 Å². The summed E-state index contributed by atoms with van der Waals surface area (Å²) >= 11 is 16.7. The van der Waals surface area contributed by atoms with E-state index in [2.05, 4.69) is 0 Å². The van der Waals surface area contributed by atoms with Gasteiger partial charge in [-0.25, -0.2) is 0 Å². The zero-order valence-corrected chi connectivity index (χ0v) is 8.46. The highest BCUT2D eigenvalue weighted by Gasteiger charge is 2.08. The number of carbonyl (C=O) groups is 1. The summed E-state index contributed by atoms with van der Waals surface area (Å²) in [6.45, 7) is 1.75.